The van der Waals surface area contributed by atoms with E-state index in [1.54, 1.807) is 27.7 Å². The van der Waals surface area contributed by atoms with Gasteiger partial charge in [0, 0.05) is 130 Å². The Balaban J connectivity index is 1.54. The van der Waals surface area contributed by atoms with E-state index in [-0.39, 0.29) is 60.9 Å². The fraction of sp³-hybridized carbons (Fsp3) is 0.862. The summed E-state index contributed by atoms with van der Waals surface area (Å²) >= 11 is 0. The number of likely N-dealkylation sites (tertiary alicyclic amines) is 4. The predicted octanol–water partition coefficient (Wildman–Crippen LogP) is 9.78. The van der Waals surface area contributed by atoms with Crippen molar-refractivity contribution in [1.82, 2.24) is 19.6 Å². The molecule has 0 bridgehead atoms. The van der Waals surface area contributed by atoms with Crippen molar-refractivity contribution < 1.29 is 57.3 Å². The van der Waals surface area contributed by atoms with Crippen LogP contribution in [0.4, 0.5) is 0 Å². The number of nitrogens with zero attached hydrogens (tertiary/aromatic N) is 4. The number of esters is 4. The number of piperidine rings is 4. The maximum Gasteiger partial charge on any atom is 0.309 e. The summed E-state index contributed by atoms with van der Waals surface area (Å²) < 4.78 is 24.8. The number of hydrogen-bond acceptors (Lipinski definition) is 12. The van der Waals surface area contributed by atoms with Crippen molar-refractivity contribution in [2.75, 3.05) is 0 Å². The smallest absolute Gasteiger partial charge is 0.309 e. The standard InChI is InChI=1S/C58H98N4O12/c1-37(63)59-51(5,6)29-43(30-52(59,7)8)71-47(67)27-22-21-24-41(49(69)73-45-33-55(13,14)61(39(3)65)56(15,16)34-45)25-23-26-42(50(70)74-46-35-57(17,18)62(40(4)66)58(19,20)36-46)28-48(68)72-44-31-53(9,10)60(38(2)64)54(11,12)32-44/h41-46H,21-36H2,1-20H3. The predicted molar refractivity (Wildman–Crippen MR) is 283 cm³/mol. The van der Waals surface area contributed by atoms with Gasteiger partial charge < -0.3 is 38.5 Å². The van der Waals surface area contributed by atoms with Crippen LogP contribution >= 0.6 is 0 Å². The van der Waals surface area contributed by atoms with Gasteiger partial charge >= 0.3 is 23.9 Å². The van der Waals surface area contributed by atoms with E-state index in [2.05, 4.69) is 0 Å². The van der Waals surface area contributed by atoms with Gasteiger partial charge in [-0.3, -0.25) is 38.4 Å². The zero-order chi connectivity index (χ0) is 56.5. The first-order valence-electron chi connectivity index (χ1n) is 27.6. The van der Waals surface area contributed by atoms with Crippen LogP contribution in [0.2, 0.25) is 0 Å². The average molecular weight is 1040 g/mol. The Morgan fingerprint density at radius 1 is 0.351 bits per heavy atom. The Labute approximate surface area is 444 Å². The summed E-state index contributed by atoms with van der Waals surface area (Å²) in [6, 6.07) is 0. The SMILES string of the molecule is CC(=O)N1C(C)(C)CC(OC(=O)CCCCC(CCCC(CC(=O)OC2CC(C)(C)N(C(C)=O)C(C)(C)C2)C(=O)OC2CC(C)(C)N(C(C)=O)C(C)(C)C2)C(=O)OC2CC(C)(C)N(C(C)=O)C(C)(C)C2)CC1(C)C. The Morgan fingerprint density at radius 2 is 0.595 bits per heavy atom. The van der Waals surface area contributed by atoms with E-state index < -0.39 is 86.4 Å². The van der Waals surface area contributed by atoms with Crippen molar-refractivity contribution in [2.24, 2.45) is 11.8 Å². The summed E-state index contributed by atoms with van der Waals surface area (Å²) in [5.41, 5.74) is -4.55. The van der Waals surface area contributed by atoms with Crippen molar-refractivity contribution in [2.45, 2.75) is 310 Å². The number of hydrogen-bond donors (Lipinski definition) is 0. The minimum Gasteiger partial charge on any atom is -0.462 e. The summed E-state index contributed by atoms with van der Waals surface area (Å²) in [6.07, 6.45) is 4.02. The molecule has 4 amide bonds. The third kappa shape index (κ3) is 15.2. The lowest BCUT2D eigenvalue weighted by molar-refractivity contribution is -0.176. The molecule has 4 heterocycles. The molecule has 4 aliphatic rings. The number of ether oxygens (including phenoxy) is 4. The van der Waals surface area contributed by atoms with Gasteiger partial charge in [-0.2, -0.15) is 0 Å². The zero-order valence-corrected chi connectivity index (χ0v) is 49.5. The molecule has 0 aliphatic carbocycles. The molecule has 4 fully saturated rings. The fourth-order valence-corrected chi connectivity index (χ4v) is 15.7. The molecule has 2 unspecified atom stereocenters. The van der Waals surface area contributed by atoms with Gasteiger partial charge in [-0.25, -0.2) is 0 Å². The third-order valence-electron chi connectivity index (χ3n) is 16.5. The number of carbonyl (C=O) groups excluding carboxylic acids is 8. The summed E-state index contributed by atoms with van der Waals surface area (Å²) in [5, 5.41) is 0. The van der Waals surface area contributed by atoms with Crippen molar-refractivity contribution in [3.05, 3.63) is 0 Å². The summed E-state index contributed by atoms with van der Waals surface area (Å²) in [4.78, 5) is 115. The first-order valence-corrected chi connectivity index (χ1v) is 27.6. The van der Waals surface area contributed by atoms with Crippen LogP contribution in [-0.2, 0) is 57.3 Å². The van der Waals surface area contributed by atoms with Crippen molar-refractivity contribution in [1.29, 1.82) is 0 Å². The first kappa shape index (κ1) is 62.3. The molecule has 0 aromatic carbocycles. The van der Waals surface area contributed by atoms with Crippen LogP contribution in [0.3, 0.4) is 0 Å². The van der Waals surface area contributed by atoms with Crippen LogP contribution in [-0.4, -0.2) is 136 Å². The molecule has 0 N–H and O–H groups in total. The van der Waals surface area contributed by atoms with E-state index in [1.807, 2.05) is 130 Å². The van der Waals surface area contributed by atoms with Gasteiger partial charge in [0.15, 0.2) is 0 Å². The van der Waals surface area contributed by atoms with Gasteiger partial charge in [0.25, 0.3) is 0 Å². The van der Waals surface area contributed by atoms with Crippen LogP contribution in [0.5, 0.6) is 0 Å². The second-order valence-electron chi connectivity index (χ2n) is 27.7. The second-order valence-corrected chi connectivity index (χ2v) is 27.7. The Morgan fingerprint density at radius 3 is 0.892 bits per heavy atom. The highest BCUT2D eigenvalue weighted by molar-refractivity contribution is 5.81. The van der Waals surface area contributed by atoms with E-state index >= 15 is 0 Å². The quantitative estimate of drug-likeness (QED) is 0.0764. The molecular formula is C58H98N4O12. The van der Waals surface area contributed by atoms with Gasteiger partial charge in [-0.05, 0) is 136 Å². The van der Waals surface area contributed by atoms with E-state index in [4.69, 9.17) is 18.9 Å². The topological polar surface area (TPSA) is 186 Å². The molecule has 0 aromatic heterocycles. The highest BCUT2D eigenvalue weighted by atomic mass is 16.6. The molecule has 0 spiro atoms. The lowest BCUT2D eigenvalue weighted by Crippen LogP contribution is -2.64. The first-order chi connectivity index (χ1) is 33.5. The molecule has 74 heavy (non-hydrogen) atoms. The van der Waals surface area contributed by atoms with E-state index in [9.17, 15) is 38.4 Å². The summed E-state index contributed by atoms with van der Waals surface area (Å²) in [5.74, 6) is -3.50. The van der Waals surface area contributed by atoms with Crippen LogP contribution in [0.15, 0.2) is 0 Å². The fourth-order valence-electron chi connectivity index (χ4n) is 15.7. The molecular weight excluding hydrogens is 945 g/mol. The molecule has 422 valence electrons. The molecule has 4 aliphatic heterocycles. The highest BCUT2D eigenvalue weighted by Crippen LogP contribution is 2.44. The molecule has 4 saturated heterocycles. The minimum atomic E-state index is -0.904. The monoisotopic (exact) mass is 1040 g/mol. The largest absolute Gasteiger partial charge is 0.462 e. The molecule has 16 heteroatoms. The number of carbonyl (C=O) groups is 8. The minimum absolute atomic E-state index is 0.0204. The average Bonchev–Trinajstić information content (AvgIpc) is 3.13. The van der Waals surface area contributed by atoms with Crippen LogP contribution in [0.25, 0.3) is 0 Å². The van der Waals surface area contributed by atoms with Gasteiger partial charge in [0.1, 0.15) is 24.4 Å². The number of unbranched alkanes of at least 4 members (excludes halogenated alkanes) is 1. The van der Waals surface area contributed by atoms with Gasteiger partial charge in [-0.15, -0.1) is 0 Å². The molecule has 0 radical (unpaired) electrons. The third-order valence-corrected chi connectivity index (χ3v) is 16.5. The van der Waals surface area contributed by atoms with Gasteiger partial charge in [0.2, 0.25) is 23.6 Å². The summed E-state index contributed by atoms with van der Waals surface area (Å²) in [6.45, 7) is 37.8. The lowest BCUT2D eigenvalue weighted by atomic mass is 9.78. The highest BCUT2D eigenvalue weighted by Gasteiger charge is 2.52. The number of rotatable bonds is 17. The Hall–Kier alpha value is -4.24. The van der Waals surface area contributed by atoms with Crippen molar-refractivity contribution >= 4 is 47.5 Å². The Bertz CT molecular complexity index is 2030. The van der Waals surface area contributed by atoms with Gasteiger partial charge in [-0.1, -0.05) is 12.8 Å². The molecule has 4 rings (SSSR count). The molecule has 16 nitrogen and oxygen atoms in total. The lowest BCUT2D eigenvalue weighted by Gasteiger charge is -2.54. The van der Waals surface area contributed by atoms with E-state index in [1.165, 1.54) is 0 Å². The van der Waals surface area contributed by atoms with E-state index in [0.29, 0.717) is 83.5 Å². The van der Waals surface area contributed by atoms with Crippen molar-refractivity contribution in [3.63, 3.8) is 0 Å². The molecule has 0 saturated carbocycles. The van der Waals surface area contributed by atoms with Crippen LogP contribution < -0.4 is 0 Å². The Kier molecular flexibility index (Phi) is 19.2. The second kappa shape index (κ2) is 22.8. The maximum absolute atomic E-state index is 14.5. The zero-order valence-electron chi connectivity index (χ0n) is 49.5. The van der Waals surface area contributed by atoms with Crippen molar-refractivity contribution in [3.8, 4) is 0 Å². The van der Waals surface area contributed by atoms with Gasteiger partial charge in [0.05, 0.1) is 18.3 Å². The summed E-state index contributed by atoms with van der Waals surface area (Å²) in [7, 11) is 0. The molecule has 2 atom stereocenters. The maximum atomic E-state index is 14.5. The molecule has 0 aromatic rings. The number of amides is 4. The van der Waals surface area contributed by atoms with Crippen LogP contribution in [0, 0.1) is 11.8 Å². The normalized spacial score (nSPS) is 24.0. The van der Waals surface area contributed by atoms with E-state index in [0.717, 1.165) is 0 Å². The van der Waals surface area contributed by atoms with Crippen LogP contribution in [0.1, 0.15) is 241 Å².